The highest BCUT2D eigenvalue weighted by Gasteiger charge is 2.23. The molecule has 0 bridgehead atoms. The van der Waals surface area contributed by atoms with Crippen LogP contribution in [0.25, 0.3) is 6.08 Å². The molecule has 94 valence electrons. The van der Waals surface area contributed by atoms with E-state index in [-0.39, 0.29) is 21.7 Å². The minimum Gasteiger partial charge on any atom is -0.505 e. The number of carbonyl (C=O) groups is 1. The van der Waals surface area contributed by atoms with Crippen LogP contribution in [0.1, 0.15) is 12.5 Å². The predicted molar refractivity (Wildman–Crippen MR) is 72.0 cm³/mol. The summed E-state index contributed by atoms with van der Waals surface area (Å²) in [6.07, 6.45) is 1.58. The lowest BCUT2D eigenvalue weighted by molar-refractivity contribution is -0.121. The Morgan fingerprint density at radius 3 is 2.33 bits per heavy atom. The Hall–Kier alpha value is -1.52. The Morgan fingerprint density at radius 2 is 1.89 bits per heavy atom. The van der Waals surface area contributed by atoms with E-state index in [1.807, 2.05) is 0 Å². The third kappa shape index (κ3) is 2.21. The van der Waals surface area contributed by atoms with Crippen LogP contribution in [0.2, 0.25) is 10.0 Å². The van der Waals surface area contributed by atoms with E-state index >= 15 is 0 Å². The predicted octanol–water partition coefficient (Wildman–Crippen LogP) is 2.93. The number of likely N-dealkylation sites (N-methyl/N-ethyl adjacent to an activating group) is 1. The molecule has 1 aromatic rings. The number of hydrogen-bond donors (Lipinski definition) is 1. The molecule has 0 fully saturated rings. The number of phenols is 1. The van der Waals surface area contributed by atoms with Gasteiger partial charge in [0.1, 0.15) is 11.5 Å². The maximum absolute atomic E-state index is 11.8. The SMILES string of the molecule is CC1=N/C(=C/c2cc(Cl)c(O)c(Cl)c2)C(=O)N1C. The fourth-order valence-electron chi connectivity index (χ4n) is 1.54. The van der Waals surface area contributed by atoms with Gasteiger partial charge >= 0.3 is 0 Å². The van der Waals surface area contributed by atoms with Crippen molar-refractivity contribution in [2.24, 2.45) is 4.99 Å². The molecule has 0 unspecified atom stereocenters. The van der Waals surface area contributed by atoms with Crippen LogP contribution in [-0.4, -0.2) is 28.8 Å². The molecule has 1 heterocycles. The summed E-state index contributed by atoms with van der Waals surface area (Å²) in [5.74, 6) is 0.269. The first-order chi connectivity index (χ1) is 8.40. The Morgan fingerprint density at radius 1 is 1.33 bits per heavy atom. The van der Waals surface area contributed by atoms with Gasteiger partial charge < -0.3 is 5.11 Å². The average Bonchev–Trinajstić information content (AvgIpc) is 2.54. The molecule has 0 atom stereocenters. The Kier molecular flexibility index (Phi) is 3.32. The van der Waals surface area contributed by atoms with Gasteiger partial charge in [0.05, 0.1) is 10.0 Å². The number of amidine groups is 1. The van der Waals surface area contributed by atoms with Gasteiger partial charge in [0.2, 0.25) is 0 Å². The molecule has 0 spiro atoms. The van der Waals surface area contributed by atoms with Crippen LogP contribution >= 0.6 is 23.2 Å². The first-order valence-electron chi connectivity index (χ1n) is 5.13. The molecule has 0 aromatic heterocycles. The summed E-state index contributed by atoms with van der Waals surface area (Å²) in [7, 11) is 1.65. The Labute approximate surface area is 114 Å². The lowest BCUT2D eigenvalue weighted by atomic mass is 10.2. The molecular formula is C12H10Cl2N2O2. The molecule has 18 heavy (non-hydrogen) atoms. The summed E-state index contributed by atoms with van der Waals surface area (Å²) in [6, 6.07) is 3.04. The normalized spacial score (nSPS) is 17.6. The topological polar surface area (TPSA) is 52.9 Å². The third-order valence-corrected chi connectivity index (χ3v) is 3.21. The fourth-order valence-corrected chi connectivity index (χ4v) is 2.04. The molecule has 1 aliphatic rings. The number of amides is 1. The van der Waals surface area contributed by atoms with Crippen molar-refractivity contribution < 1.29 is 9.90 Å². The molecule has 0 saturated carbocycles. The van der Waals surface area contributed by atoms with Crippen LogP contribution in [0, 0.1) is 0 Å². The molecule has 0 aliphatic carbocycles. The molecule has 2 rings (SSSR count). The summed E-state index contributed by atoms with van der Waals surface area (Å²) < 4.78 is 0. The standard InChI is InChI=1S/C12H10Cl2N2O2/c1-6-15-10(12(18)16(6)2)5-7-3-8(13)11(17)9(14)4-7/h3-5,17H,1-2H3/b10-5+. The summed E-state index contributed by atoms with van der Waals surface area (Å²) >= 11 is 11.6. The van der Waals surface area contributed by atoms with E-state index in [1.54, 1.807) is 20.0 Å². The zero-order chi connectivity index (χ0) is 13.4. The molecule has 4 nitrogen and oxygen atoms in total. The number of phenolic OH excluding ortho intramolecular Hbond substituents is 1. The van der Waals surface area contributed by atoms with Gasteiger partial charge in [0.25, 0.3) is 5.91 Å². The number of benzene rings is 1. The van der Waals surface area contributed by atoms with Gasteiger partial charge in [0.15, 0.2) is 5.75 Å². The van der Waals surface area contributed by atoms with Crippen molar-refractivity contribution in [2.45, 2.75) is 6.92 Å². The molecule has 6 heteroatoms. The highest BCUT2D eigenvalue weighted by Crippen LogP contribution is 2.33. The Bertz CT molecular complexity index is 571. The molecule has 1 amide bonds. The second-order valence-electron chi connectivity index (χ2n) is 3.89. The zero-order valence-corrected chi connectivity index (χ0v) is 11.2. The summed E-state index contributed by atoms with van der Waals surface area (Å²) in [5, 5.41) is 9.71. The van der Waals surface area contributed by atoms with Gasteiger partial charge in [0, 0.05) is 7.05 Å². The quantitative estimate of drug-likeness (QED) is 0.806. The molecule has 0 radical (unpaired) electrons. The molecule has 1 aliphatic heterocycles. The van der Waals surface area contributed by atoms with Crippen LogP contribution in [0.4, 0.5) is 0 Å². The van der Waals surface area contributed by atoms with Gasteiger partial charge in [-0.2, -0.15) is 0 Å². The lowest BCUT2D eigenvalue weighted by Crippen LogP contribution is -2.25. The van der Waals surface area contributed by atoms with Gasteiger partial charge in [-0.25, -0.2) is 4.99 Å². The Balaban J connectivity index is 2.44. The first-order valence-corrected chi connectivity index (χ1v) is 5.89. The molecule has 1 N–H and O–H groups in total. The minimum absolute atomic E-state index is 0.133. The summed E-state index contributed by atoms with van der Waals surface area (Å²) in [4.78, 5) is 17.4. The van der Waals surface area contributed by atoms with Crippen LogP contribution in [0.15, 0.2) is 22.8 Å². The number of aromatic hydroxyl groups is 1. The van der Waals surface area contributed by atoms with E-state index in [4.69, 9.17) is 23.2 Å². The van der Waals surface area contributed by atoms with E-state index in [0.29, 0.717) is 17.1 Å². The van der Waals surface area contributed by atoms with Crippen molar-refractivity contribution in [3.8, 4) is 5.75 Å². The van der Waals surface area contributed by atoms with Gasteiger partial charge in [-0.15, -0.1) is 0 Å². The zero-order valence-electron chi connectivity index (χ0n) is 9.74. The third-order valence-electron chi connectivity index (χ3n) is 2.63. The van der Waals surface area contributed by atoms with Gasteiger partial charge in [-0.05, 0) is 30.7 Å². The maximum Gasteiger partial charge on any atom is 0.277 e. The summed E-state index contributed by atoms with van der Waals surface area (Å²) in [5.41, 5.74) is 0.922. The number of hydrogen-bond acceptors (Lipinski definition) is 3. The molecule has 1 aromatic carbocycles. The lowest BCUT2D eigenvalue weighted by Gasteiger charge is -2.06. The summed E-state index contributed by atoms with van der Waals surface area (Å²) in [6.45, 7) is 1.75. The van der Waals surface area contributed by atoms with E-state index in [0.717, 1.165) is 0 Å². The second-order valence-corrected chi connectivity index (χ2v) is 4.70. The second kappa shape index (κ2) is 4.63. The largest absolute Gasteiger partial charge is 0.505 e. The van der Waals surface area contributed by atoms with Crippen LogP contribution in [0.5, 0.6) is 5.75 Å². The first kappa shape index (κ1) is 12.9. The van der Waals surface area contributed by atoms with E-state index in [1.165, 1.54) is 17.0 Å². The number of nitrogens with zero attached hydrogens (tertiary/aromatic N) is 2. The van der Waals surface area contributed by atoms with Crippen LogP contribution < -0.4 is 0 Å². The average molecular weight is 285 g/mol. The number of carbonyl (C=O) groups excluding carboxylic acids is 1. The fraction of sp³-hybridized carbons (Fsp3) is 0.167. The van der Waals surface area contributed by atoms with Crippen molar-refractivity contribution in [3.63, 3.8) is 0 Å². The molecular weight excluding hydrogens is 275 g/mol. The van der Waals surface area contributed by atoms with Crippen LogP contribution in [0.3, 0.4) is 0 Å². The molecule has 0 saturated heterocycles. The number of halogens is 2. The van der Waals surface area contributed by atoms with Crippen LogP contribution in [-0.2, 0) is 4.79 Å². The van der Waals surface area contributed by atoms with Gasteiger partial charge in [-0.3, -0.25) is 9.69 Å². The van der Waals surface area contributed by atoms with Gasteiger partial charge in [-0.1, -0.05) is 23.2 Å². The van der Waals surface area contributed by atoms with Crippen molar-refractivity contribution in [1.29, 1.82) is 0 Å². The highest BCUT2D eigenvalue weighted by atomic mass is 35.5. The smallest absolute Gasteiger partial charge is 0.277 e. The van der Waals surface area contributed by atoms with Crippen molar-refractivity contribution in [3.05, 3.63) is 33.4 Å². The van der Waals surface area contributed by atoms with E-state index < -0.39 is 0 Å². The number of aliphatic imine (C=N–C) groups is 1. The van der Waals surface area contributed by atoms with E-state index in [9.17, 15) is 9.90 Å². The monoisotopic (exact) mass is 284 g/mol. The van der Waals surface area contributed by atoms with Crippen molar-refractivity contribution in [2.75, 3.05) is 7.05 Å². The minimum atomic E-state index is -0.187. The highest BCUT2D eigenvalue weighted by molar-refractivity contribution is 6.37. The number of rotatable bonds is 1. The van der Waals surface area contributed by atoms with E-state index in [2.05, 4.69) is 4.99 Å². The maximum atomic E-state index is 11.8. The van der Waals surface area contributed by atoms with Crippen molar-refractivity contribution in [1.82, 2.24) is 4.90 Å². The van der Waals surface area contributed by atoms with Crippen molar-refractivity contribution >= 4 is 41.0 Å².